The average molecular weight is 230 g/mol. The van der Waals surface area contributed by atoms with Gasteiger partial charge in [-0.2, -0.15) is 0 Å². The van der Waals surface area contributed by atoms with E-state index in [0.29, 0.717) is 6.42 Å². The molecule has 6 nitrogen and oxygen atoms in total. The van der Waals surface area contributed by atoms with Gasteiger partial charge in [0.05, 0.1) is 11.6 Å². The van der Waals surface area contributed by atoms with Crippen molar-refractivity contribution in [3.8, 4) is 0 Å². The van der Waals surface area contributed by atoms with Gasteiger partial charge >= 0.3 is 5.97 Å². The topological polar surface area (TPSA) is 98.7 Å². The van der Waals surface area contributed by atoms with Gasteiger partial charge in [-0.3, -0.25) is 4.79 Å². The van der Waals surface area contributed by atoms with E-state index >= 15 is 0 Å². The molecule has 1 heterocycles. The van der Waals surface area contributed by atoms with Crippen molar-refractivity contribution >= 4 is 11.9 Å². The van der Waals surface area contributed by atoms with E-state index in [0.717, 1.165) is 13.0 Å². The zero-order valence-corrected chi connectivity index (χ0v) is 9.49. The highest BCUT2D eigenvalue weighted by atomic mass is 16.4. The highest BCUT2D eigenvalue weighted by Crippen LogP contribution is 2.18. The summed E-state index contributed by atoms with van der Waals surface area (Å²) >= 11 is 0. The van der Waals surface area contributed by atoms with E-state index < -0.39 is 23.7 Å². The molecule has 0 bridgehead atoms. The molecule has 4 N–H and O–H groups in total. The molecule has 3 atom stereocenters. The first kappa shape index (κ1) is 12.9. The van der Waals surface area contributed by atoms with Gasteiger partial charge in [0.15, 0.2) is 6.04 Å². The first-order valence-corrected chi connectivity index (χ1v) is 5.34. The number of hydrogen-bond acceptors (Lipinski definition) is 4. The maximum atomic E-state index is 11.8. The lowest BCUT2D eigenvalue weighted by Crippen LogP contribution is -2.57. The van der Waals surface area contributed by atoms with Gasteiger partial charge in [-0.1, -0.05) is 0 Å². The van der Waals surface area contributed by atoms with Crippen molar-refractivity contribution in [2.24, 2.45) is 0 Å². The molecule has 0 aromatic carbocycles. The van der Waals surface area contributed by atoms with Gasteiger partial charge < -0.3 is 20.8 Å². The Balaban J connectivity index is 2.65. The molecule has 92 valence electrons. The van der Waals surface area contributed by atoms with Gasteiger partial charge in [0.1, 0.15) is 0 Å². The van der Waals surface area contributed by atoms with Gasteiger partial charge in [-0.05, 0) is 33.2 Å². The summed E-state index contributed by atoms with van der Waals surface area (Å²) < 4.78 is 0. The number of hydrogen-bond donors (Lipinski definition) is 4. The van der Waals surface area contributed by atoms with Gasteiger partial charge in [-0.25, -0.2) is 4.79 Å². The molecule has 1 fully saturated rings. The van der Waals surface area contributed by atoms with Crippen molar-refractivity contribution in [1.29, 1.82) is 0 Å². The van der Waals surface area contributed by atoms with Gasteiger partial charge in [0.2, 0.25) is 5.91 Å². The predicted molar refractivity (Wildman–Crippen MR) is 56.9 cm³/mol. The lowest BCUT2D eigenvalue weighted by atomic mass is 9.98. The van der Waals surface area contributed by atoms with Crippen LogP contribution < -0.4 is 10.6 Å². The lowest BCUT2D eigenvalue weighted by molar-refractivity contribution is -0.145. The lowest BCUT2D eigenvalue weighted by Gasteiger charge is -2.26. The summed E-state index contributed by atoms with van der Waals surface area (Å²) in [6, 6.07) is -1.26. The molecule has 0 saturated carbocycles. The predicted octanol–water partition coefficient (Wildman–Crippen LogP) is -0.921. The Bertz CT molecular complexity index is 285. The highest BCUT2D eigenvalue weighted by Gasteiger charge is 2.38. The van der Waals surface area contributed by atoms with Crippen LogP contribution in [0.4, 0.5) is 0 Å². The van der Waals surface area contributed by atoms with Crippen molar-refractivity contribution in [3.63, 3.8) is 0 Å². The molecule has 0 aliphatic carbocycles. The van der Waals surface area contributed by atoms with Gasteiger partial charge in [0.25, 0.3) is 0 Å². The summed E-state index contributed by atoms with van der Waals surface area (Å²) in [5.41, 5.74) is -0.720. The van der Waals surface area contributed by atoms with Crippen LogP contribution >= 0.6 is 0 Å². The number of nitrogens with one attached hydrogen (secondary N) is 2. The van der Waals surface area contributed by atoms with Crippen LogP contribution in [0.3, 0.4) is 0 Å². The number of rotatable bonds is 4. The third kappa shape index (κ3) is 2.70. The van der Waals surface area contributed by atoms with E-state index in [1.165, 1.54) is 6.92 Å². The van der Waals surface area contributed by atoms with Crippen LogP contribution in [0.15, 0.2) is 0 Å². The fourth-order valence-corrected chi connectivity index (χ4v) is 1.78. The van der Waals surface area contributed by atoms with Gasteiger partial charge in [-0.15, -0.1) is 0 Å². The molecular formula is C10H18N2O4. The van der Waals surface area contributed by atoms with Crippen LogP contribution in [0.2, 0.25) is 0 Å². The van der Waals surface area contributed by atoms with E-state index in [1.54, 1.807) is 6.92 Å². The number of carbonyl (C=O) groups excluding carboxylic acids is 1. The van der Waals surface area contributed by atoms with Crippen molar-refractivity contribution in [2.45, 2.75) is 44.4 Å². The largest absolute Gasteiger partial charge is 0.480 e. The number of aliphatic hydroxyl groups is 1. The number of carboxylic acid groups (broad SMARTS) is 1. The molecule has 1 rings (SSSR count). The fraction of sp³-hybridized carbons (Fsp3) is 0.800. The summed E-state index contributed by atoms with van der Waals surface area (Å²) in [5.74, 6) is -1.61. The Morgan fingerprint density at radius 2 is 2.12 bits per heavy atom. The third-order valence-corrected chi connectivity index (χ3v) is 2.90. The zero-order chi connectivity index (χ0) is 12.3. The fourth-order valence-electron chi connectivity index (χ4n) is 1.78. The molecule has 1 saturated heterocycles. The number of amides is 1. The van der Waals surface area contributed by atoms with Crippen LogP contribution in [0, 0.1) is 0 Å². The highest BCUT2D eigenvalue weighted by molar-refractivity contribution is 5.90. The van der Waals surface area contributed by atoms with Crippen molar-refractivity contribution in [1.82, 2.24) is 10.6 Å². The summed E-state index contributed by atoms with van der Waals surface area (Å²) in [6.07, 6.45) is 0.438. The van der Waals surface area contributed by atoms with Crippen molar-refractivity contribution in [3.05, 3.63) is 0 Å². The van der Waals surface area contributed by atoms with E-state index in [-0.39, 0.29) is 5.91 Å². The Morgan fingerprint density at radius 1 is 1.50 bits per heavy atom. The Morgan fingerprint density at radius 3 is 2.50 bits per heavy atom. The number of carboxylic acids is 1. The smallest absolute Gasteiger partial charge is 0.328 e. The maximum Gasteiger partial charge on any atom is 0.328 e. The molecule has 0 aromatic rings. The van der Waals surface area contributed by atoms with Gasteiger partial charge in [0, 0.05) is 0 Å². The van der Waals surface area contributed by atoms with Crippen LogP contribution in [-0.4, -0.2) is 46.3 Å². The second-order valence-corrected chi connectivity index (χ2v) is 4.39. The van der Waals surface area contributed by atoms with Crippen molar-refractivity contribution in [2.75, 3.05) is 6.54 Å². The van der Waals surface area contributed by atoms with E-state index in [4.69, 9.17) is 5.11 Å². The second kappa shape index (κ2) is 4.80. The quantitative estimate of drug-likeness (QED) is 0.500. The number of carbonyl (C=O) groups is 2. The van der Waals surface area contributed by atoms with Crippen LogP contribution in [0.25, 0.3) is 0 Å². The molecule has 6 heteroatoms. The monoisotopic (exact) mass is 230 g/mol. The van der Waals surface area contributed by atoms with E-state index in [1.807, 2.05) is 0 Å². The first-order chi connectivity index (χ1) is 7.37. The Hall–Kier alpha value is -1.14. The minimum atomic E-state index is -1.26. The molecule has 0 spiro atoms. The third-order valence-electron chi connectivity index (χ3n) is 2.90. The molecule has 1 aliphatic rings. The molecule has 1 aliphatic heterocycles. The molecule has 0 aromatic heterocycles. The molecule has 16 heavy (non-hydrogen) atoms. The minimum absolute atomic E-state index is 0.377. The standard InChI is InChI=1S/C10H18N2O4/c1-6(13)7(8(14)15)12-9(16)10(2)4-3-5-11-10/h6-7,11,13H,3-5H2,1-2H3,(H,12,16)(H,14,15)/t6-,7+,10?/m1/s1. The summed E-state index contributed by atoms with van der Waals surface area (Å²) in [4.78, 5) is 22.6. The normalized spacial score (nSPS) is 28.4. The molecule has 0 radical (unpaired) electrons. The summed E-state index contributed by atoms with van der Waals surface area (Å²) in [6.45, 7) is 3.82. The molecular weight excluding hydrogens is 212 g/mol. The van der Waals surface area contributed by atoms with Crippen LogP contribution in [0.5, 0.6) is 0 Å². The summed E-state index contributed by atoms with van der Waals surface area (Å²) in [5, 5.41) is 23.4. The summed E-state index contributed by atoms with van der Waals surface area (Å²) in [7, 11) is 0. The zero-order valence-electron chi connectivity index (χ0n) is 9.49. The Labute approximate surface area is 94.0 Å². The SMILES string of the molecule is C[C@@H](O)[C@H](NC(=O)C1(C)CCCN1)C(=O)O. The molecule has 1 amide bonds. The van der Waals surface area contributed by atoms with E-state index in [2.05, 4.69) is 10.6 Å². The Kier molecular flexibility index (Phi) is 3.88. The average Bonchev–Trinajstić information content (AvgIpc) is 2.61. The van der Waals surface area contributed by atoms with Crippen LogP contribution in [0.1, 0.15) is 26.7 Å². The van der Waals surface area contributed by atoms with Crippen LogP contribution in [-0.2, 0) is 9.59 Å². The van der Waals surface area contributed by atoms with Crippen molar-refractivity contribution < 1.29 is 19.8 Å². The first-order valence-electron chi connectivity index (χ1n) is 5.34. The number of aliphatic hydroxyl groups excluding tert-OH is 1. The van der Waals surface area contributed by atoms with E-state index in [9.17, 15) is 14.7 Å². The second-order valence-electron chi connectivity index (χ2n) is 4.39. The minimum Gasteiger partial charge on any atom is -0.480 e. The maximum absolute atomic E-state index is 11.8. The number of aliphatic carboxylic acids is 1. The molecule has 1 unspecified atom stereocenters.